The Morgan fingerprint density at radius 2 is 2.00 bits per heavy atom. The Bertz CT molecular complexity index is 825. The third kappa shape index (κ3) is 6.43. The van der Waals surface area contributed by atoms with Gasteiger partial charge in [0.1, 0.15) is 18.2 Å². The van der Waals surface area contributed by atoms with E-state index in [4.69, 9.17) is 9.84 Å². The number of hydrogen-bond donors (Lipinski definition) is 2. The molecule has 0 atom stereocenters. The van der Waals surface area contributed by atoms with Crippen molar-refractivity contribution < 1.29 is 19.0 Å². The van der Waals surface area contributed by atoms with Gasteiger partial charge in [-0.15, -0.1) is 0 Å². The molecule has 3 rings (SSSR count). The van der Waals surface area contributed by atoms with E-state index in [2.05, 4.69) is 17.3 Å². The third-order valence-corrected chi connectivity index (χ3v) is 5.42. The van der Waals surface area contributed by atoms with Gasteiger partial charge in [-0.2, -0.15) is 0 Å². The molecule has 7 heteroatoms. The molecule has 0 unspecified atom stereocenters. The number of anilines is 1. The van der Waals surface area contributed by atoms with Crippen LogP contribution in [0.1, 0.15) is 24.8 Å². The van der Waals surface area contributed by atoms with E-state index in [1.807, 2.05) is 23.1 Å². The molecular formula is C23H30FN3O3. The van der Waals surface area contributed by atoms with Gasteiger partial charge in [0, 0.05) is 44.0 Å². The molecule has 0 saturated carbocycles. The van der Waals surface area contributed by atoms with E-state index in [1.54, 1.807) is 18.2 Å². The Kier molecular flexibility index (Phi) is 8.04. The van der Waals surface area contributed by atoms with E-state index in [0.29, 0.717) is 30.6 Å². The van der Waals surface area contributed by atoms with E-state index in [9.17, 15) is 9.18 Å². The molecule has 0 radical (unpaired) electrons. The Balaban J connectivity index is 1.48. The maximum atomic E-state index is 13.3. The predicted molar refractivity (Wildman–Crippen MR) is 115 cm³/mol. The fourth-order valence-corrected chi connectivity index (χ4v) is 3.67. The standard InChI is InChI=1S/C23H30FN3O3/c1-26(11-4-14-28)21-9-12-27(13-10-21)23(29)25-20-7-3-8-22(16-20)30-17-18-5-2-6-19(24)15-18/h2-3,5-8,15-16,21,28H,4,9-14,17H2,1H3,(H,25,29). The third-order valence-electron chi connectivity index (χ3n) is 5.42. The molecular weight excluding hydrogens is 385 g/mol. The Hall–Kier alpha value is -2.64. The number of amides is 2. The molecule has 1 aliphatic rings. The molecule has 0 bridgehead atoms. The number of nitrogens with one attached hydrogen (secondary N) is 1. The van der Waals surface area contributed by atoms with E-state index in [1.165, 1.54) is 12.1 Å². The molecule has 1 heterocycles. The Morgan fingerprint density at radius 3 is 2.73 bits per heavy atom. The first-order valence-corrected chi connectivity index (χ1v) is 10.4. The number of urea groups is 1. The van der Waals surface area contributed by atoms with E-state index in [0.717, 1.165) is 31.4 Å². The lowest BCUT2D eigenvalue weighted by Gasteiger charge is -2.36. The van der Waals surface area contributed by atoms with Crippen LogP contribution in [-0.4, -0.2) is 60.3 Å². The fraction of sp³-hybridized carbons (Fsp3) is 0.435. The number of benzene rings is 2. The number of carbonyl (C=O) groups is 1. The molecule has 1 aliphatic heterocycles. The van der Waals surface area contributed by atoms with E-state index >= 15 is 0 Å². The Morgan fingerprint density at radius 1 is 1.23 bits per heavy atom. The molecule has 2 aromatic rings. The number of carbonyl (C=O) groups excluding carboxylic acids is 1. The smallest absolute Gasteiger partial charge is 0.321 e. The highest BCUT2D eigenvalue weighted by Crippen LogP contribution is 2.21. The van der Waals surface area contributed by atoms with Gasteiger partial charge in [-0.05, 0) is 56.1 Å². The highest BCUT2D eigenvalue weighted by atomic mass is 19.1. The maximum absolute atomic E-state index is 13.3. The molecule has 0 aromatic heterocycles. The summed E-state index contributed by atoms with van der Waals surface area (Å²) in [6, 6.07) is 13.8. The lowest BCUT2D eigenvalue weighted by Crippen LogP contribution is -2.47. The van der Waals surface area contributed by atoms with Gasteiger partial charge < -0.3 is 25.0 Å². The lowest BCUT2D eigenvalue weighted by atomic mass is 10.0. The van der Waals surface area contributed by atoms with Crippen molar-refractivity contribution in [3.8, 4) is 5.75 Å². The molecule has 1 fully saturated rings. The van der Waals surface area contributed by atoms with Gasteiger partial charge in [0.05, 0.1) is 0 Å². The second-order valence-corrected chi connectivity index (χ2v) is 7.65. The van der Waals surface area contributed by atoms with Crippen LogP contribution in [0.25, 0.3) is 0 Å². The van der Waals surface area contributed by atoms with Crippen LogP contribution in [0, 0.1) is 5.82 Å². The summed E-state index contributed by atoms with van der Waals surface area (Å²) in [7, 11) is 2.07. The number of halogens is 1. The number of aliphatic hydroxyl groups excluding tert-OH is 1. The summed E-state index contributed by atoms with van der Waals surface area (Å²) in [6.45, 7) is 2.74. The number of hydrogen-bond acceptors (Lipinski definition) is 4. The van der Waals surface area contributed by atoms with Crippen LogP contribution in [0.4, 0.5) is 14.9 Å². The molecule has 0 aliphatic carbocycles. The number of likely N-dealkylation sites (tertiary alicyclic amines) is 1. The molecule has 2 N–H and O–H groups in total. The molecule has 6 nitrogen and oxygen atoms in total. The SMILES string of the molecule is CN(CCCO)C1CCN(C(=O)Nc2cccc(OCc3cccc(F)c3)c2)CC1. The van der Waals surface area contributed by atoms with Crippen LogP contribution in [-0.2, 0) is 6.61 Å². The van der Waals surface area contributed by atoms with Gasteiger partial charge in [-0.3, -0.25) is 0 Å². The molecule has 2 amide bonds. The second-order valence-electron chi connectivity index (χ2n) is 7.65. The van der Waals surface area contributed by atoms with Crippen molar-refractivity contribution in [2.24, 2.45) is 0 Å². The maximum Gasteiger partial charge on any atom is 0.321 e. The van der Waals surface area contributed by atoms with Gasteiger partial charge in [-0.1, -0.05) is 18.2 Å². The van der Waals surface area contributed by atoms with Crippen molar-refractivity contribution in [2.75, 3.05) is 38.6 Å². The van der Waals surface area contributed by atoms with Gasteiger partial charge in [0.25, 0.3) is 0 Å². The fourth-order valence-electron chi connectivity index (χ4n) is 3.67. The van der Waals surface area contributed by atoms with E-state index < -0.39 is 0 Å². The van der Waals surface area contributed by atoms with Crippen LogP contribution < -0.4 is 10.1 Å². The summed E-state index contributed by atoms with van der Waals surface area (Å²) < 4.78 is 19.0. The first-order chi connectivity index (χ1) is 14.5. The average molecular weight is 416 g/mol. The van der Waals surface area contributed by atoms with Crippen molar-refractivity contribution in [3.63, 3.8) is 0 Å². The van der Waals surface area contributed by atoms with Crippen molar-refractivity contribution >= 4 is 11.7 Å². The summed E-state index contributed by atoms with van der Waals surface area (Å²) in [6.07, 6.45) is 2.62. The zero-order valence-corrected chi connectivity index (χ0v) is 17.4. The monoisotopic (exact) mass is 415 g/mol. The highest BCUT2D eigenvalue weighted by Gasteiger charge is 2.25. The molecule has 1 saturated heterocycles. The largest absolute Gasteiger partial charge is 0.489 e. The summed E-state index contributed by atoms with van der Waals surface area (Å²) in [5.41, 5.74) is 1.41. The second kappa shape index (κ2) is 10.9. The number of rotatable bonds is 8. The topological polar surface area (TPSA) is 65.0 Å². The zero-order valence-electron chi connectivity index (χ0n) is 17.4. The van der Waals surface area contributed by atoms with Crippen LogP contribution >= 0.6 is 0 Å². The Labute approximate surface area is 177 Å². The number of piperidine rings is 1. The quantitative estimate of drug-likeness (QED) is 0.690. The van der Waals surface area contributed by atoms with Gasteiger partial charge in [0.2, 0.25) is 0 Å². The molecule has 30 heavy (non-hydrogen) atoms. The minimum Gasteiger partial charge on any atom is -0.489 e. The van der Waals surface area contributed by atoms with Crippen molar-refractivity contribution in [2.45, 2.75) is 31.9 Å². The van der Waals surface area contributed by atoms with Crippen LogP contribution in [0.2, 0.25) is 0 Å². The average Bonchev–Trinajstić information content (AvgIpc) is 2.76. The van der Waals surface area contributed by atoms with Gasteiger partial charge in [0.15, 0.2) is 0 Å². The van der Waals surface area contributed by atoms with Crippen molar-refractivity contribution in [1.29, 1.82) is 0 Å². The highest BCUT2D eigenvalue weighted by molar-refractivity contribution is 5.89. The minimum absolute atomic E-state index is 0.117. The predicted octanol–water partition coefficient (Wildman–Crippen LogP) is 3.72. The van der Waals surface area contributed by atoms with Crippen molar-refractivity contribution in [3.05, 3.63) is 59.9 Å². The van der Waals surface area contributed by atoms with Crippen molar-refractivity contribution in [1.82, 2.24) is 9.80 Å². The van der Waals surface area contributed by atoms with Crippen LogP contribution in [0.5, 0.6) is 5.75 Å². The minimum atomic E-state index is -0.291. The lowest BCUT2D eigenvalue weighted by molar-refractivity contribution is 0.134. The normalized spacial score (nSPS) is 14.7. The molecule has 162 valence electrons. The molecule has 2 aromatic carbocycles. The van der Waals surface area contributed by atoms with Gasteiger partial charge >= 0.3 is 6.03 Å². The number of nitrogens with zero attached hydrogens (tertiary/aromatic N) is 2. The molecule has 0 spiro atoms. The van der Waals surface area contributed by atoms with Crippen LogP contribution in [0.3, 0.4) is 0 Å². The number of aliphatic hydroxyl groups is 1. The zero-order chi connectivity index (χ0) is 21.3. The first-order valence-electron chi connectivity index (χ1n) is 10.4. The first kappa shape index (κ1) is 22.1. The summed E-state index contributed by atoms with van der Waals surface area (Å²) >= 11 is 0. The summed E-state index contributed by atoms with van der Waals surface area (Å²) in [4.78, 5) is 16.7. The summed E-state index contributed by atoms with van der Waals surface area (Å²) in [5.74, 6) is 0.321. The van der Waals surface area contributed by atoms with Crippen LogP contribution in [0.15, 0.2) is 48.5 Å². The van der Waals surface area contributed by atoms with Gasteiger partial charge in [-0.25, -0.2) is 9.18 Å². The number of ether oxygens (including phenoxy) is 1. The van der Waals surface area contributed by atoms with E-state index in [-0.39, 0.29) is 25.1 Å². The summed E-state index contributed by atoms with van der Waals surface area (Å²) in [5, 5.41) is 11.9.